The van der Waals surface area contributed by atoms with Crippen molar-refractivity contribution in [2.24, 2.45) is 5.92 Å². The van der Waals surface area contributed by atoms with Crippen molar-refractivity contribution >= 4 is 28.4 Å². The first-order valence-electron chi connectivity index (χ1n) is 8.72. The number of carbonyl (C=O) groups excluding carboxylic acids is 1. The molecule has 2 aromatic carbocycles. The molecule has 1 N–H and O–H groups in total. The van der Waals surface area contributed by atoms with E-state index < -0.39 is 0 Å². The summed E-state index contributed by atoms with van der Waals surface area (Å²) in [7, 11) is 0. The van der Waals surface area contributed by atoms with Gasteiger partial charge in [-0.2, -0.15) is 0 Å². The van der Waals surface area contributed by atoms with Crippen LogP contribution in [-0.4, -0.2) is 17.5 Å². The number of ether oxygens (including phenoxy) is 1. The van der Waals surface area contributed by atoms with E-state index >= 15 is 0 Å². The summed E-state index contributed by atoms with van der Waals surface area (Å²) in [4.78, 5) is 16.8. The molecule has 0 radical (unpaired) electrons. The summed E-state index contributed by atoms with van der Waals surface area (Å²) < 4.78 is 5.74. The lowest BCUT2D eigenvalue weighted by Gasteiger charge is -2.19. The highest BCUT2D eigenvalue weighted by Crippen LogP contribution is 2.41. The summed E-state index contributed by atoms with van der Waals surface area (Å²) in [6.07, 6.45) is 3.97. The minimum absolute atomic E-state index is 0.00834. The predicted octanol–water partition coefficient (Wildman–Crippen LogP) is 4.53. The van der Waals surface area contributed by atoms with E-state index in [2.05, 4.69) is 10.3 Å². The van der Waals surface area contributed by atoms with E-state index in [1.54, 1.807) is 6.20 Å². The van der Waals surface area contributed by atoms with Crippen LogP contribution in [0.4, 0.5) is 0 Å². The van der Waals surface area contributed by atoms with Gasteiger partial charge in [-0.15, -0.1) is 0 Å². The highest BCUT2D eigenvalue weighted by molar-refractivity contribution is 6.30. The monoisotopic (exact) mass is 366 g/mol. The van der Waals surface area contributed by atoms with Crippen LogP contribution in [0.1, 0.15) is 24.4 Å². The summed E-state index contributed by atoms with van der Waals surface area (Å²) in [6, 6.07) is 17.2. The lowest BCUT2D eigenvalue weighted by Crippen LogP contribution is -2.33. The normalized spacial score (nSPS) is 14.8. The summed E-state index contributed by atoms with van der Waals surface area (Å²) in [5.74, 6) is 0.969. The van der Waals surface area contributed by atoms with Crippen LogP contribution in [0.3, 0.4) is 0 Å². The van der Waals surface area contributed by atoms with Crippen LogP contribution in [-0.2, 0) is 4.79 Å². The molecule has 0 bridgehead atoms. The standard InChI is InChI=1S/C21H19ClN2O2/c22-17-10-8-16(9-11-17)20(15-6-7-15)24-19(25)13-26-18-5-1-3-14-4-2-12-23-21(14)18/h1-5,8-12,15,20H,6-7,13H2,(H,24,25)/t20-/m1/s1. The number of rotatable bonds is 6. The van der Waals surface area contributed by atoms with Crippen LogP contribution in [0.2, 0.25) is 5.02 Å². The largest absolute Gasteiger partial charge is 0.481 e. The fourth-order valence-electron chi connectivity index (χ4n) is 3.12. The molecule has 1 aromatic heterocycles. The maximum absolute atomic E-state index is 12.5. The zero-order valence-electron chi connectivity index (χ0n) is 14.2. The third-order valence-corrected chi connectivity index (χ3v) is 4.85. The van der Waals surface area contributed by atoms with E-state index in [0.29, 0.717) is 16.7 Å². The predicted molar refractivity (Wildman–Crippen MR) is 102 cm³/mol. The van der Waals surface area contributed by atoms with E-state index in [1.807, 2.05) is 54.6 Å². The Hall–Kier alpha value is -2.59. The van der Waals surface area contributed by atoms with Gasteiger partial charge in [0.2, 0.25) is 0 Å². The fourth-order valence-corrected chi connectivity index (χ4v) is 3.25. The Bertz CT molecular complexity index is 917. The van der Waals surface area contributed by atoms with Gasteiger partial charge in [0.05, 0.1) is 6.04 Å². The first-order valence-corrected chi connectivity index (χ1v) is 9.10. The van der Waals surface area contributed by atoms with Crippen molar-refractivity contribution in [2.45, 2.75) is 18.9 Å². The Morgan fingerprint density at radius 1 is 1.15 bits per heavy atom. The van der Waals surface area contributed by atoms with E-state index in [4.69, 9.17) is 16.3 Å². The molecule has 1 atom stereocenters. The van der Waals surface area contributed by atoms with Crippen LogP contribution in [0.25, 0.3) is 10.9 Å². The van der Waals surface area contributed by atoms with E-state index in [0.717, 1.165) is 29.3 Å². The second kappa shape index (κ2) is 7.34. The number of hydrogen-bond donors (Lipinski definition) is 1. The maximum atomic E-state index is 12.5. The van der Waals surface area contributed by atoms with Crippen molar-refractivity contribution in [2.75, 3.05) is 6.61 Å². The van der Waals surface area contributed by atoms with Gasteiger partial charge in [-0.05, 0) is 48.6 Å². The van der Waals surface area contributed by atoms with Crippen LogP contribution in [0.5, 0.6) is 5.75 Å². The van der Waals surface area contributed by atoms with Gasteiger partial charge in [-0.3, -0.25) is 9.78 Å². The highest BCUT2D eigenvalue weighted by Gasteiger charge is 2.33. The van der Waals surface area contributed by atoms with E-state index in [-0.39, 0.29) is 18.6 Å². The van der Waals surface area contributed by atoms with Gasteiger partial charge in [0, 0.05) is 16.6 Å². The van der Waals surface area contributed by atoms with Crippen LogP contribution >= 0.6 is 11.6 Å². The van der Waals surface area contributed by atoms with Gasteiger partial charge in [0.1, 0.15) is 11.3 Å². The molecule has 5 heteroatoms. The third-order valence-electron chi connectivity index (χ3n) is 4.59. The Kier molecular flexibility index (Phi) is 4.76. The Balaban J connectivity index is 1.43. The zero-order valence-corrected chi connectivity index (χ0v) is 14.9. The molecule has 1 amide bonds. The van der Waals surface area contributed by atoms with Gasteiger partial charge < -0.3 is 10.1 Å². The summed E-state index contributed by atoms with van der Waals surface area (Å²) in [5.41, 5.74) is 1.84. The number of fused-ring (bicyclic) bond motifs is 1. The molecule has 132 valence electrons. The summed E-state index contributed by atoms with van der Waals surface area (Å²) >= 11 is 5.97. The molecule has 1 fully saturated rings. The van der Waals surface area contributed by atoms with Gasteiger partial charge >= 0.3 is 0 Å². The molecule has 0 spiro atoms. The molecule has 1 saturated carbocycles. The highest BCUT2D eigenvalue weighted by atomic mass is 35.5. The molecule has 0 aliphatic heterocycles. The van der Waals surface area contributed by atoms with E-state index in [9.17, 15) is 4.79 Å². The lowest BCUT2D eigenvalue weighted by molar-refractivity contribution is -0.124. The van der Waals surface area contributed by atoms with Crippen molar-refractivity contribution in [3.05, 3.63) is 71.4 Å². The minimum Gasteiger partial charge on any atom is -0.481 e. The minimum atomic E-state index is -0.134. The maximum Gasteiger partial charge on any atom is 0.258 e. The second-order valence-electron chi connectivity index (χ2n) is 6.55. The number of carbonyl (C=O) groups is 1. The number of benzene rings is 2. The number of nitrogens with one attached hydrogen (secondary N) is 1. The fraction of sp³-hybridized carbons (Fsp3) is 0.238. The quantitative estimate of drug-likeness (QED) is 0.697. The Morgan fingerprint density at radius 3 is 2.69 bits per heavy atom. The molecule has 4 nitrogen and oxygen atoms in total. The molecule has 0 unspecified atom stereocenters. The van der Waals surface area contributed by atoms with Gasteiger partial charge in [-0.1, -0.05) is 41.9 Å². The molecule has 26 heavy (non-hydrogen) atoms. The van der Waals surface area contributed by atoms with Crippen molar-refractivity contribution in [3.8, 4) is 5.75 Å². The first-order chi connectivity index (χ1) is 12.7. The van der Waals surface area contributed by atoms with Gasteiger partial charge in [0.15, 0.2) is 6.61 Å². The number of halogens is 1. The topological polar surface area (TPSA) is 51.2 Å². The number of aromatic nitrogens is 1. The SMILES string of the molecule is O=C(COc1cccc2cccnc12)N[C@@H](c1ccc(Cl)cc1)C1CC1. The van der Waals surface area contributed by atoms with Gasteiger partial charge in [0.25, 0.3) is 5.91 Å². The third kappa shape index (κ3) is 3.81. The average molecular weight is 367 g/mol. The second-order valence-corrected chi connectivity index (χ2v) is 6.99. The first kappa shape index (κ1) is 16.9. The summed E-state index contributed by atoms with van der Waals surface area (Å²) in [5, 5.41) is 4.79. The van der Waals surface area contributed by atoms with Crippen molar-refractivity contribution in [1.29, 1.82) is 0 Å². The molecule has 1 aliphatic carbocycles. The number of nitrogens with zero attached hydrogens (tertiary/aromatic N) is 1. The van der Waals surface area contributed by atoms with Crippen molar-refractivity contribution < 1.29 is 9.53 Å². The molecule has 1 aliphatic rings. The molecular weight excluding hydrogens is 348 g/mol. The molecule has 4 rings (SSSR count). The lowest BCUT2D eigenvalue weighted by atomic mass is 10.0. The van der Waals surface area contributed by atoms with Crippen molar-refractivity contribution in [1.82, 2.24) is 10.3 Å². The molecule has 3 aromatic rings. The molecular formula is C21H19ClN2O2. The van der Waals surface area contributed by atoms with Crippen LogP contribution in [0.15, 0.2) is 60.8 Å². The summed E-state index contributed by atoms with van der Waals surface area (Å²) in [6.45, 7) is -0.0352. The van der Waals surface area contributed by atoms with Crippen molar-refractivity contribution in [3.63, 3.8) is 0 Å². The zero-order chi connectivity index (χ0) is 17.9. The average Bonchev–Trinajstić information content (AvgIpc) is 3.50. The van der Waals surface area contributed by atoms with Crippen LogP contribution in [0, 0.1) is 5.92 Å². The Labute approximate surface area is 157 Å². The number of pyridine rings is 1. The smallest absolute Gasteiger partial charge is 0.258 e. The number of para-hydroxylation sites is 1. The van der Waals surface area contributed by atoms with Crippen LogP contribution < -0.4 is 10.1 Å². The molecule has 0 saturated heterocycles. The number of amides is 1. The van der Waals surface area contributed by atoms with E-state index in [1.165, 1.54) is 0 Å². The Morgan fingerprint density at radius 2 is 1.92 bits per heavy atom. The number of hydrogen-bond acceptors (Lipinski definition) is 3. The van der Waals surface area contributed by atoms with Gasteiger partial charge in [-0.25, -0.2) is 0 Å². The molecule has 1 heterocycles.